The van der Waals surface area contributed by atoms with Crippen molar-refractivity contribution in [1.82, 2.24) is 4.98 Å². The van der Waals surface area contributed by atoms with Crippen molar-refractivity contribution in [3.05, 3.63) is 29.0 Å². The Hall–Kier alpha value is -1.04. The number of halogens is 1. The molecule has 0 aliphatic carbocycles. The first-order valence-corrected chi connectivity index (χ1v) is 6.47. The molecule has 1 saturated heterocycles. The second kappa shape index (κ2) is 4.82. The third-order valence-corrected chi connectivity index (χ3v) is 3.85. The van der Waals surface area contributed by atoms with Gasteiger partial charge in [0.25, 0.3) is 0 Å². The summed E-state index contributed by atoms with van der Waals surface area (Å²) in [6, 6.07) is 1.54. The number of aromatic nitrogens is 1. The number of nitrogens with zero attached hydrogens (tertiary/aromatic N) is 1. The van der Waals surface area contributed by atoms with Crippen molar-refractivity contribution in [3.63, 3.8) is 0 Å². The fourth-order valence-corrected chi connectivity index (χ4v) is 1.80. The van der Waals surface area contributed by atoms with E-state index in [1.54, 1.807) is 18.2 Å². The Morgan fingerprint density at radius 3 is 2.37 bits per heavy atom. The second-order valence-electron chi connectivity index (χ2n) is 5.56. The summed E-state index contributed by atoms with van der Waals surface area (Å²) in [5.41, 5.74) is 0.0155. The molecule has 19 heavy (non-hydrogen) atoms. The van der Waals surface area contributed by atoms with E-state index < -0.39 is 7.12 Å². The van der Waals surface area contributed by atoms with Gasteiger partial charge in [-0.2, -0.15) is 0 Å². The number of hydrogen-bond donors (Lipinski definition) is 1. The van der Waals surface area contributed by atoms with Gasteiger partial charge in [0.05, 0.1) is 11.2 Å². The predicted octanol–water partition coefficient (Wildman–Crippen LogP) is 3.09. The molecular formula is C13H17BClNO3. The summed E-state index contributed by atoms with van der Waals surface area (Å²) >= 11 is 5.65. The molecule has 1 fully saturated rings. The van der Waals surface area contributed by atoms with E-state index in [1.807, 2.05) is 27.7 Å². The van der Waals surface area contributed by atoms with Crippen LogP contribution in [0.15, 0.2) is 18.2 Å². The van der Waals surface area contributed by atoms with Crippen LogP contribution >= 0.6 is 11.6 Å². The molecule has 0 unspecified atom stereocenters. The highest BCUT2D eigenvalue weighted by molar-refractivity contribution is 6.52. The monoisotopic (exact) mass is 281 g/mol. The molecule has 0 amide bonds. The normalized spacial score (nSPS) is 21.2. The van der Waals surface area contributed by atoms with Crippen molar-refractivity contribution in [1.29, 1.82) is 0 Å². The van der Waals surface area contributed by atoms with Gasteiger partial charge in [-0.1, -0.05) is 23.7 Å². The molecule has 2 rings (SSSR count). The smallest absolute Gasteiger partial charge is 0.487 e. The average Bonchev–Trinajstić information content (AvgIpc) is 2.49. The largest absolute Gasteiger partial charge is 0.505 e. The van der Waals surface area contributed by atoms with Crippen LogP contribution in [0.4, 0.5) is 0 Å². The van der Waals surface area contributed by atoms with E-state index in [0.717, 1.165) is 5.56 Å². The minimum absolute atomic E-state index is 0.0438. The van der Waals surface area contributed by atoms with Crippen molar-refractivity contribution in [2.24, 2.45) is 0 Å². The van der Waals surface area contributed by atoms with E-state index in [2.05, 4.69) is 4.98 Å². The highest BCUT2D eigenvalue weighted by Crippen LogP contribution is 2.37. The summed E-state index contributed by atoms with van der Waals surface area (Å²) in [5.74, 6) is 1.75. The molecule has 102 valence electrons. The minimum Gasteiger partial charge on any atom is -0.505 e. The van der Waals surface area contributed by atoms with Crippen LogP contribution in [0.3, 0.4) is 0 Å². The number of pyridine rings is 1. The zero-order valence-electron chi connectivity index (χ0n) is 11.5. The Kier molecular flexibility index (Phi) is 3.64. The molecule has 0 atom stereocenters. The third kappa shape index (κ3) is 2.94. The van der Waals surface area contributed by atoms with Crippen molar-refractivity contribution < 1.29 is 14.4 Å². The maximum atomic E-state index is 9.47. The van der Waals surface area contributed by atoms with Gasteiger partial charge in [0.15, 0.2) is 10.9 Å². The Bertz CT molecular complexity index is 501. The fourth-order valence-electron chi connectivity index (χ4n) is 1.70. The van der Waals surface area contributed by atoms with Gasteiger partial charge in [0, 0.05) is 6.20 Å². The zero-order valence-corrected chi connectivity index (χ0v) is 12.2. The summed E-state index contributed by atoms with van der Waals surface area (Å²) in [6.45, 7) is 7.99. The van der Waals surface area contributed by atoms with E-state index in [0.29, 0.717) is 0 Å². The van der Waals surface area contributed by atoms with E-state index in [4.69, 9.17) is 20.9 Å². The molecule has 2 heterocycles. The molecule has 4 nitrogen and oxygen atoms in total. The lowest BCUT2D eigenvalue weighted by Gasteiger charge is -2.32. The molecule has 1 aliphatic rings. The van der Waals surface area contributed by atoms with Crippen molar-refractivity contribution in [3.8, 4) is 5.75 Å². The summed E-state index contributed by atoms with van der Waals surface area (Å²) in [5, 5.41) is 9.56. The van der Waals surface area contributed by atoms with Crippen LogP contribution < -0.4 is 0 Å². The van der Waals surface area contributed by atoms with Gasteiger partial charge in [-0.25, -0.2) is 4.98 Å². The molecule has 1 aromatic rings. The van der Waals surface area contributed by atoms with Gasteiger partial charge < -0.3 is 14.4 Å². The topological polar surface area (TPSA) is 51.6 Å². The molecule has 1 aromatic heterocycles. The number of aromatic hydroxyl groups is 1. The Labute approximate surface area is 118 Å². The van der Waals surface area contributed by atoms with E-state index in [-0.39, 0.29) is 22.1 Å². The van der Waals surface area contributed by atoms with Gasteiger partial charge >= 0.3 is 7.12 Å². The second-order valence-corrected chi connectivity index (χ2v) is 5.92. The van der Waals surface area contributed by atoms with Gasteiger partial charge in [-0.05, 0) is 39.3 Å². The summed E-state index contributed by atoms with van der Waals surface area (Å²) in [7, 11) is -0.414. The first-order valence-electron chi connectivity index (χ1n) is 6.10. The van der Waals surface area contributed by atoms with Crippen molar-refractivity contribution in [2.75, 3.05) is 0 Å². The van der Waals surface area contributed by atoms with Gasteiger partial charge in [-0.15, -0.1) is 0 Å². The summed E-state index contributed by atoms with van der Waals surface area (Å²) in [4.78, 5) is 3.86. The molecule has 0 saturated carbocycles. The predicted molar refractivity (Wildman–Crippen MR) is 76.0 cm³/mol. The Morgan fingerprint density at radius 2 is 1.84 bits per heavy atom. The third-order valence-electron chi connectivity index (χ3n) is 3.56. The van der Waals surface area contributed by atoms with Gasteiger partial charge in [0.2, 0.25) is 0 Å². The molecule has 1 N–H and O–H groups in total. The van der Waals surface area contributed by atoms with Crippen LogP contribution in [0.25, 0.3) is 6.08 Å². The Morgan fingerprint density at radius 1 is 1.26 bits per heavy atom. The first kappa shape index (κ1) is 14.4. The highest BCUT2D eigenvalue weighted by atomic mass is 35.5. The molecule has 1 aliphatic heterocycles. The lowest BCUT2D eigenvalue weighted by molar-refractivity contribution is 0.00578. The number of rotatable bonds is 2. The van der Waals surface area contributed by atoms with E-state index in [9.17, 15) is 5.11 Å². The van der Waals surface area contributed by atoms with E-state index >= 15 is 0 Å². The fraction of sp³-hybridized carbons (Fsp3) is 0.462. The van der Waals surface area contributed by atoms with Crippen LogP contribution in [0.2, 0.25) is 5.15 Å². The lowest BCUT2D eigenvalue weighted by Crippen LogP contribution is -2.41. The molecule has 0 aromatic carbocycles. The maximum absolute atomic E-state index is 9.47. The molecule has 0 bridgehead atoms. The van der Waals surface area contributed by atoms with Crippen LogP contribution in [-0.4, -0.2) is 28.4 Å². The maximum Gasteiger partial charge on any atom is 0.487 e. The molecular weight excluding hydrogens is 264 g/mol. The quantitative estimate of drug-likeness (QED) is 0.668. The van der Waals surface area contributed by atoms with Crippen LogP contribution in [-0.2, 0) is 9.31 Å². The SMILES string of the molecule is CC1(C)OB(/C=C/c2cnc(Cl)c(O)c2)OC1(C)C. The van der Waals surface area contributed by atoms with Crippen LogP contribution in [0, 0.1) is 0 Å². The minimum atomic E-state index is -0.414. The standard InChI is InChI=1S/C13H17BClNO3/c1-12(2)13(3,4)19-14(18-12)6-5-9-7-10(17)11(15)16-8-9/h5-8,17H,1-4H3/b6-5+. The summed E-state index contributed by atoms with van der Waals surface area (Å²) in [6.07, 6.45) is 3.36. The molecule has 0 radical (unpaired) electrons. The van der Waals surface area contributed by atoms with Gasteiger partial charge in [0.1, 0.15) is 0 Å². The highest BCUT2D eigenvalue weighted by Gasteiger charge is 2.49. The summed E-state index contributed by atoms with van der Waals surface area (Å²) < 4.78 is 11.6. The van der Waals surface area contributed by atoms with Gasteiger partial charge in [-0.3, -0.25) is 0 Å². The lowest BCUT2D eigenvalue weighted by atomic mass is 9.89. The van der Waals surface area contributed by atoms with Crippen molar-refractivity contribution in [2.45, 2.75) is 38.9 Å². The molecule has 6 heteroatoms. The first-order chi connectivity index (χ1) is 8.71. The number of hydrogen-bond acceptors (Lipinski definition) is 4. The van der Waals surface area contributed by atoms with E-state index in [1.165, 1.54) is 6.07 Å². The van der Waals surface area contributed by atoms with Crippen molar-refractivity contribution >= 4 is 24.8 Å². The Balaban J connectivity index is 2.10. The van der Waals surface area contributed by atoms with Crippen LogP contribution in [0.5, 0.6) is 5.75 Å². The zero-order chi connectivity index (χ0) is 14.3. The average molecular weight is 282 g/mol. The van der Waals surface area contributed by atoms with Crippen LogP contribution in [0.1, 0.15) is 33.3 Å². The molecule has 0 spiro atoms.